The Morgan fingerprint density at radius 3 is 2.78 bits per heavy atom. The van der Waals surface area contributed by atoms with E-state index in [-0.39, 0.29) is 12.4 Å². The van der Waals surface area contributed by atoms with E-state index in [1.165, 1.54) is 0 Å². The van der Waals surface area contributed by atoms with E-state index >= 15 is 0 Å². The summed E-state index contributed by atoms with van der Waals surface area (Å²) in [7, 11) is 1.71. The van der Waals surface area contributed by atoms with Gasteiger partial charge in [-0.1, -0.05) is 0 Å². The number of rotatable bonds is 2. The van der Waals surface area contributed by atoms with Crippen LogP contribution < -0.4 is 10.2 Å². The van der Waals surface area contributed by atoms with Crippen molar-refractivity contribution in [2.24, 2.45) is 0 Å². The van der Waals surface area contributed by atoms with Crippen molar-refractivity contribution < 1.29 is 19.1 Å². The number of alkyl carbamates (subject to hydrolysis) is 1. The zero-order valence-electron chi connectivity index (χ0n) is 13.4. The molecule has 1 aliphatic heterocycles. The van der Waals surface area contributed by atoms with Gasteiger partial charge in [0.05, 0.1) is 0 Å². The summed E-state index contributed by atoms with van der Waals surface area (Å²) in [5, 5.41) is 2.65. The van der Waals surface area contributed by atoms with Gasteiger partial charge in [0, 0.05) is 28.9 Å². The summed E-state index contributed by atoms with van der Waals surface area (Å²) in [6.07, 6.45) is 1.08. The fourth-order valence-electron chi connectivity index (χ4n) is 1.98. The Morgan fingerprint density at radius 1 is 1.52 bits per heavy atom. The highest BCUT2D eigenvalue weighted by Crippen LogP contribution is 2.31. The van der Waals surface area contributed by atoms with Crippen LogP contribution in [0.4, 0.5) is 10.6 Å². The number of fused-ring (bicyclic) bond motifs is 1. The second-order valence-corrected chi connectivity index (χ2v) is 7.14. The van der Waals surface area contributed by atoms with Crippen LogP contribution in [0.15, 0.2) is 18.7 Å². The fraction of sp³-hybridized carbons (Fsp3) is 0.400. The third-order valence-corrected chi connectivity index (χ3v) is 3.96. The predicted molar refractivity (Wildman–Crippen MR) is 93.0 cm³/mol. The summed E-state index contributed by atoms with van der Waals surface area (Å²) in [5.41, 5.74) is 0.361. The summed E-state index contributed by atoms with van der Waals surface area (Å²) in [5.74, 6) is 0.130. The molecule has 1 aliphatic rings. The molecule has 0 saturated heterocycles. The number of nitrogens with one attached hydrogen (secondary N) is 1. The summed E-state index contributed by atoms with van der Waals surface area (Å²) in [4.78, 5) is 29.9. The average Bonchev–Trinajstić information content (AvgIpc) is 2.41. The third-order valence-electron chi connectivity index (χ3n) is 3.03. The van der Waals surface area contributed by atoms with Gasteiger partial charge in [0.25, 0.3) is 0 Å². The van der Waals surface area contributed by atoms with Crippen molar-refractivity contribution in [1.82, 2.24) is 10.3 Å². The molecule has 0 fully saturated rings. The third kappa shape index (κ3) is 3.92. The zero-order valence-corrected chi connectivity index (χ0v) is 15.6. The quantitative estimate of drug-likeness (QED) is 0.573. The van der Waals surface area contributed by atoms with E-state index in [0.717, 1.165) is 3.57 Å². The second kappa shape index (κ2) is 6.34. The number of carbonyl (C=O) groups excluding carboxylic acids is 2. The Morgan fingerprint density at radius 2 is 2.17 bits per heavy atom. The predicted octanol–water partition coefficient (Wildman–Crippen LogP) is 2.79. The summed E-state index contributed by atoms with van der Waals surface area (Å²) >= 11 is 2.06. The van der Waals surface area contributed by atoms with Crippen LogP contribution in [0.2, 0.25) is 0 Å². The monoisotopic (exact) mass is 431 g/mol. The highest BCUT2D eigenvalue weighted by Gasteiger charge is 2.31. The molecule has 124 valence electrons. The van der Waals surface area contributed by atoms with Crippen LogP contribution in [0.5, 0.6) is 0 Å². The highest BCUT2D eigenvalue weighted by atomic mass is 127. The molecule has 1 N–H and O–H groups in total. The highest BCUT2D eigenvalue weighted by molar-refractivity contribution is 14.1. The van der Waals surface area contributed by atoms with Gasteiger partial charge in [0.1, 0.15) is 17.0 Å². The van der Waals surface area contributed by atoms with Gasteiger partial charge in [-0.05, 0) is 49.9 Å². The molecule has 7 nitrogen and oxygen atoms in total. The van der Waals surface area contributed by atoms with Crippen LogP contribution in [0.25, 0.3) is 0 Å². The lowest BCUT2D eigenvalue weighted by Gasteiger charge is -2.28. The number of cyclic esters (lactones) is 1. The number of hydrogen-bond acceptors (Lipinski definition) is 6. The van der Waals surface area contributed by atoms with Crippen molar-refractivity contribution >= 4 is 40.5 Å². The molecule has 8 heteroatoms. The minimum atomic E-state index is -0.591. The molecule has 0 radical (unpaired) electrons. The lowest BCUT2D eigenvalue weighted by Crippen LogP contribution is -2.34. The molecule has 2 rings (SSSR count). The molecule has 1 aromatic rings. The Labute approximate surface area is 148 Å². The standard InChI is InChI=1S/C15H18IN3O4/c1-8-19(5)12-11(13(20)22-8)9(10(16)7-17-12)6-18-14(21)23-15(2,3)4/h7H,1,6H2,2-5H3,(H,18,21). The van der Waals surface area contributed by atoms with Gasteiger partial charge in [0.2, 0.25) is 0 Å². The van der Waals surface area contributed by atoms with Crippen molar-refractivity contribution in [3.05, 3.63) is 33.4 Å². The van der Waals surface area contributed by atoms with Crippen LogP contribution >= 0.6 is 22.6 Å². The summed E-state index contributed by atoms with van der Waals surface area (Å²) in [6.45, 7) is 9.14. The zero-order chi connectivity index (χ0) is 17.4. The molecule has 0 saturated carbocycles. The Balaban J connectivity index is 2.28. The Hall–Kier alpha value is -1.84. The van der Waals surface area contributed by atoms with Gasteiger partial charge in [-0.25, -0.2) is 14.6 Å². The number of carbonyl (C=O) groups is 2. The van der Waals surface area contributed by atoms with Crippen molar-refractivity contribution in [3.8, 4) is 0 Å². The van der Waals surface area contributed by atoms with Crippen molar-refractivity contribution in [1.29, 1.82) is 0 Å². The first kappa shape index (κ1) is 17.5. The van der Waals surface area contributed by atoms with Gasteiger partial charge in [-0.15, -0.1) is 0 Å². The van der Waals surface area contributed by atoms with Gasteiger partial charge in [-0.2, -0.15) is 0 Å². The van der Waals surface area contributed by atoms with Crippen molar-refractivity contribution in [2.75, 3.05) is 11.9 Å². The first-order valence-corrected chi connectivity index (χ1v) is 7.97. The number of pyridine rings is 1. The molecule has 0 aromatic carbocycles. The molecule has 0 bridgehead atoms. The molecular weight excluding hydrogens is 413 g/mol. The van der Waals surface area contributed by atoms with Crippen LogP contribution in [0.3, 0.4) is 0 Å². The lowest BCUT2D eigenvalue weighted by atomic mass is 10.1. The number of hydrogen-bond donors (Lipinski definition) is 1. The molecule has 0 atom stereocenters. The SMILES string of the molecule is C=C1OC(=O)c2c(ncc(I)c2CNC(=O)OC(C)(C)C)N1C. The maximum absolute atomic E-state index is 12.2. The molecule has 23 heavy (non-hydrogen) atoms. The van der Waals surface area contributed by atoms with Crippen LogP contribution in [0.1, 0.15) is 36.7 Å². The van der Waals surface area contributed by atoms with E-state index in [0.29, 0.717) is 16.9 Å². The minimum absolute atomic E-state index is 0.132. The van der Waals surface area contributed by atoms with Crippen molar-refractivity contribution in [2.45, 2.75) is 32.9 Å². The number of amides is 1. The molecule has 2 heterocycles. The van der Waals surface area contributed by atoms with Gasteiger partial charge in [0.15, 0.2) is 5.88 Å². The van der Waals surface area contributed by atoms with E-state index < -0.39 is 17.7 Å². The number of halogens is 1. The number of esters is 1. The number of nitrogens with zero attached hydrogens (tertiary/aromatic N) is 2. The van der Waals surface area contributed by atoms with Crippen LogP contribution in [-0.4, -0.2) is 29.7 Å². The minimum Gasteiger partial charge on any atom is -0.444 e. The summed E-state index contributed by atoms with van der Waals surface area (Å²) in [6, 6.07) is 0. The van der Waals surface area contributed by atoms with E-state index in [1.54, 1.807) is 38.9 Å². The lowest BCUT2D eigenvalue weighted by molar-refractivity contribution is 0.0517. The topological polar surface area (TPSA) is 80.8 Å². The molecular formula is C15H18IN3O4. The van der Waals surface area contributed by atoms with E-state index in [2.05, 4.69) is 39.5 Å². The average molecular weight is 431 g/mol. The Kier molecular flexibility index (Phi) is 4.83. The largest absolute Gasteiger partial charge is 0.444 e. The molecule has 0 spiro atoms. The number of anilines is 1. The van der Waals surface area contributed by atoms with E-state index in [9.17, 15) is 9.59 Å². The van der Waals surface area contributed by atoms with Crippen molar-refractivity contribution in [3.63, 3.8) is 0 Å². The molecule has 1 aromatic heterocycles. The summed E-state index contributed by atoms with van der Waals surface area (Å²) < 4.78 is 11.1. The smallest absolute Gasteiger partial charge is 0.407 e. The van der Waals surface area contributed by atoms with E-state index in [4.69, 9.17) is 9.47 Å². The molecule has 0 aliphatic carbocycles. The number of aromatic nitrogens is 1. The van der Waals surface area contributed by atoms with Gasteiger partial charge < -0.3 is 14.8 Å². The van der Waals surface area contributed by atoms with Crippen LogP contribution in [-0.2, 0) is 16.0 Å². The fourth-order valence-corrected chi connectivity index (χ4v) is 2.58. The Bertz CT molecular complexity index is 682. The van der Waals surface area contributed by atoms with Gasteiger partial charge in [-0.3, -0.25) is 4.90 Å². The first-order chi connectivity index (χ1) is 10.6. The maximum Gasteiger partial charge on any atom is 0.407 e. The van der Waals surface area contributed by atoms with Crippen LogP contribution in [0, 0.1) is 3.57 Å². The van der Waals surface area contributed by atoms with Gasteiger partial charge >= 0.3 is 12.1 Å². The number of ether oxygens (including phenoxy) is 2. The molecule has 0 unspecified atom stereocenters. The first-order valence-electron chi connectivity index (χ1n) is 6.89. The van der Waals surface area contributed by atoms with E-state index in [1.807, 2.05) is 0 Å². The normalized spacial score (nSPS) is 14.2. The maximum atomic E-state index is 12.2. The second-order valence-electron chi connectivity index (χ2n) is 5.98. The molecule has 1 amide bonds.